The van der Waals surface area contributed by atoms with Crippen molar-refractivity contribution in [3.8, 4) is 0 Å². The summed E-state index contributed by atoms with van der Waals surface area (Å²) in [6, 6.07) is 0. The highest BCUT2D eigenvalue weighted by Gasteiger charge is 2.31. The topological polar surface area (TPSA) is 237 Å². The van der Waals surface area contributed by atoms with Gasteiger partial charge in [0.25, 0.3) is 0 Å². The lowest BCUT2D eigenvalue weighted by atomic mass is 10.0. The molecule has 0 aromatic heterocycles. The van der Waals surface area contributed by atoms with Gasteiger partial charge in [0.05, 0.1) is 26.4 Å². The summed E-state index contributed by atoms with van der Waals surface area (Å²) < 4.78 is 69.1. The number of hydrogen-bond acceptors (Lipinski definition) is 15. The number of esters is 4. The molecule has 19 heteroatoms. The average Bonchev–Trinajstić information content (AvgIpc) is 0.902. The van der Waals surface area contributed by atoms with Crippen molar-refractivity contribution in [3.05, 3.63) is 0 Å². The van der Waals surface area contributed by atoms with Crippen LogP contribution >= 0.6 is 15.6 Å². The van der Waals surface area contributed by atoms with Gasteiger partial charge in [-0.15, -0.1) is 0 Å². The molecule has 0 spiro atoms. The van der Waals surface area contributed by atoms with Crippen LogP contribution in [-0.2, 0) is 65.4 Å². The van der Waals surface area contributed by atoms with Gasteiger partial charge in [-0.1, -0.05) is 458 Å². The van der Waals surface area contributed by atoms with Gasteiger partial charge in [0.2, 0.25) is 0 Å². The van der Waals surface area contributed by atoms with Crippen molar-refractivity contribution < 1.29 is 80.2 Å². The molecular weight excluding hydrogens is 1440 g/mol. The van der Waals surface area contributed by atoms with Gasteiger partial charge in [0.1, 0.15) is 19.3 Å². The third-order valence-corrected chi connectivity index (χ3v) is 23.8. The molecular formula is C92H180O17P2. The summed E-state index contributed by atoms with van der Waals surface area (Å²) in [7, 11) is -9.94. The largest absolute Gasteiger partial charge is 0.472 e. The van der Waals surface area contributed by atoms with Crippen molar-refractivity contribution in [2.24, 2.45) is 0 Å². The normalized spacial score (nSPS) is 13.6. The molecule has 0 aromatic carbocycles. The zero-order chi connectivity index (χ0) is 81.0. The maximum Gasteiger partial charge on any atom is 0.472 e. The Morgan fingerprint density at radius 1 is 0.216 bits per heavy atom. The van der Waals surface area contributed by atoms with Gasteiger partial charge >= 0.3 is 39.5 Å². The Morgan fingerprint density at radius 3 is 0.532 bits per heavy atom. The Balaban J connectivity index is 5.25. The zero-order valence-corrected chi connectivity index (χ0v) is 74.7. The highest BCUT2D eigenvalue weighted by atomic mass is 31.2. The molecule has 0 aliphatic carbocycles. The molecule has 0 aliphatic heterocycles. The molecule has 17 nitrogen and oxygen atoms in total. The molecule has 660 valence electrons. The second-order valence-electron chi connectivity index (χ2n) is 33.1. The minimum absolute atomic E-state index is 0.110. The van der Waals surface area contributed by atoms with Crippen LogP contribution in [0.2, 0.25) is 0 Å². The van der Waals surface area contributed by atoms with E-state index in [1.807, 2.05) is 0 Å². The second kappa shape index (κ2) is 85.9. The number of unbranched alkanes of at least 4 members (excludes halogenated alkanes) is 67. The van der Waals surface area contributed by atoms with Crippen LogP contribution in [0.25, 0.3) is 0 Å². The number of carbonyl (C=O) groups is 4. The standard InChI is InChI=1S/C92H180O17P2/c1-5-9-13-17-21-25-29-33-36-39-41-43-45-48-51-55-59-63-67-71-75-79-92(97)109-88(83-103-90(95)77-73-69-65-61-57-53-49-47-44-42-40-37-34-30-26-22-18-14-10-6-2)85-107-111(100,101)105-81-86(93)80-104-110(98,99)106-84-87(82-102-89(94)76-72-68-64-60-56-52-32-28-24-20-16-12-8-4)108-91(96)78-74-70-66-62-58-54-50-46-38-35-31-27-23-19-15-11-7-3/h86-88,93H,5-85H2,1-4H3,(H,98,99)(H,100,101)/t86-,87+,88+/m0/s1. The van der Waals surface area contributed by atoms with Crippen LogP contribution in [0.15, 0.2) is 0 Å². The Hall–Kier alpha value is -1.94. The lowest BCUT2D eigenvalue weighted by Gasteiger charge is -2.21. The molecule has 0 aliphatic rings. The van der Waals surface area contributed by atoms with Crippen LogP contribution in [0.5, 0.6) is 0 Å². The summed E-state index contributed by atoms with van der Waals surface area (Å²) in [6.45, 7) is 5.10. The molecule has 0 saturated heterocycles. The first-order valence-electron chi connectivity index (χ1n) is 47.8. The molecule has 3 N–H and O–H groups in total. The fraction of sp³-hybridized carbons (Fsp3) is 0.957. The predicted octanol–water partition coefficient (Wildman–Crippen LogP) is 28.9. The van der Waals surface area contributed by atoms with E-state index in [1.165, 1.54) is 340 Å². The second-order valence-corrected chi connectivity index (χ2v) is 36.0. The van der Waals surface area contributed by atoms with Gasteiger partial charge in [-0.3, -0.25) is 37.3 Å². The molecule has 0 bridgehead atoms. The Bertz CT molecular complexity index is 2090. The van der Waals surface area contributed by atoms with Crippen LogP contribution < -0.4 is 0 Å². The minimum atomic E-state index is -4.97. The van der Waals surface area contributed by atoms with Gasteiger partial charge in [0, 0.05) is 25.7 Å². The quantitative estimate of drug-likeness (QED) is 0.0222. The van der Waals surface area contributed by atoms with Crippen LogP contribution in [0.3, 0.4) is 0 Å². The highest BCUT2D eigenvalue weighted by molar-refractivity contribution is 7.47. The number of aliphatic hydroxyl groups is 1. The number of carbonyl (C=O) groups excluding carboxylic acids is 4. The summed E-state index contributed by atoms with van der Waals surface area (Å²) in [5.41, 5.74) is 0. The minimum Gasteiger partial charge on any atom is -0.462 e. The molecule has 5 atom stereocenters. The van der Waals surface area contributed by atoms with Crippen molar-refractivity contribution in [3.63, 3.8) is 0 Å². The highest BCUT2D eigenvalue weighted by Crippen LogP contribution is 2.45. The van der Waals surface area contributed by atoms with Gasteiger partial charge < -0.3 is 33.8 Å². The number of aliphatic hydroxyl groups excluding tert-OH is 1. The molecule has 0 fully saturated rings. The first-order valence-corrected chi connectivity index (χ1v) is 50.8. The SMILES string of the molecule is CCCCCCCCCCCCCCCCCCCCCCCC(=O)O[C@H](COC(=O)CCCCCCCCCCCCCCCCCCCCCC)COP(=O)(O)OC[C@@H](O)COP(=O)(O)OC[C@@H](COC(=O)CCCCCCCCCCCCCCC)OC(=O)CCCCCCCCCCCCCCCCCCC. The molecule has 0 amide bonds. The van der Waals surface area contributed by atoms with E-state index >= 15 is 0 Å². The lowest BCUT2D eigenvalue weighted by Crippen LogP contribution is -2.30. The number of ether oxygens (including phenoxy) is 4. The van der Waals surface area contributed by atoms with E-state index in [9.17, 15) is 43.2 Å². The molecule has 0 radical (unpaired) electrons. The van der Waals surface area contributed by atoms with E-state index in [0.29, 0.717) is 25.7 Å². The summed E-state index contributed by atoms with van der Waals surface area (Å²) >= 11 is 0. The van der Waals surface area contributed by atoms with Crippen molar-refractivity contribution in [1.29, 1.82) is 0 Å². The fourth-order valence-electron chi connectivity index (χ4n) is 14.6. The zero-order valence-electron chi connectivity index (χ0n) is 73.0. The third-order valence-electron chi connectivity index (χ3n) is 21.9. The Morgan fingerprint density at radius 2 is 0.360 bits per heavy atom. The van der Waals surface area contributed by atoms with Gasteiger partial charge in [0.15, 0.2) is 12.2 Å². The van der Waals surface area contributed by atoms with E-state index in [-0.39, 0.29) is 25.7 Å². The fourth-order valence-corrected chi connectivity index (χ4v) is 16.2. The van der Waals surface area contributed by atoms with Crippen LogP contribution in [0.4, 0.5) is 0 Å². The molecule has 0 saturated carbocycles. The number of hydrogen-bond donors (Lipinski definition) is 3. The summed E-state index contributed by atoms with van der Waals surface area (Å²) in [4.78, 5) is 73.5. The predicted molar refractivity (Wildman–Crippen MR) is 460 cm³/mol. The van der Waals surface area contributed by atoms with Crippen LogP contribution in [0, 0.1) is 0 Å². The van der Waals surface area contributed by atoms with Crippen LogP contribution in [-0.4, -0.2) is 96.7 Å². The van der Waals surface area contributed by atoms with Crippen molar-refractivity contribution in [2.75, 3.05) is 39.6 Å². The summed E-state index contributed by atoms with van der Waals surface area (Å²) in [5, 5.41) is 10.7. The van der Waals surface area contributed by atoms with E-state index in [4.69, 9.17) is 37.0 Å². The summed E-state index contributed by atoms with van der Waals surface area (Å²) in [5.74, 6) is -2.09. The van der Waals surface area contributed by atoms with Crippen molar-refractivity contribution in [2.45, 2.75) is 528 Å². The van der Waals surface area contributed by atoms with E-state index < -0.39 is 97.5 Å². The lowest BCUT2D eigenvalue weighted by molar-refractivity contribution is -0.161. The van der Waals surface area contributed by atoms with E-state index in [2.05, 4.69) is 27.7 Å². The molecule has 0 heterocycles. The number of rotatable bonds is 93. The Kier molecular flexibility index (Phi) is 84.4. The smallest absolute Gasteiger partial charge is 0.462 e. The third kappa shape index (κ3) is 85.8. The van der Waals surface area contributed by atoms with Crippen molar-refractivity contribution >= 4 is 39.5 Å². The molecule has 2 unspecified atom stereocenters. The molecule has 0 rings (SSSR count). The van der Waals surface area contributed by atoms with Gasteiger partial charge in [-0.25, -0.2) is 9.13 Å². The maximum atomic E-state index is 13.2. The van der Waals surface area contributed by atoms with Crippen LogP contribution in [0.1, 0.15) is 509 Å². The summed E-state index contributed by atoms with van der Waals surface area (Å²) in [6.07, 6.45) is 83.4. The van der Waals surface area contributed by atoms with E-state index in [0.717, 1.165) is 89.9 Å². The maximum absolute atomic E-state index is 13.2. The Labute approximate surface area is 683 Å². The average molecular weight is 1620 g/mol. The molecule has 111 heavy (non-hydrogen) atoms. The van der Waals surface area contributed by atoms with E-state index in [1.54, 1.807) is 0 Å². The first kappa shape index (κ1) is 109. The number of phosphoric acid groups is 2. The van der Waals surface area contributed by atoms with Crippen molar-refractivity contribution in [1.82, 2.24) is 0 Å². The molecule has 0 aromatic rings. The monoisotopic (exact) mass is 1620 g/mol. The number of phosphoric ester groups is 2. The van der Waals surface area contributed by atoms with Gasteiger partial charge in [-0.05, 0) is 25.7 Å². The first-order chi connectivity index (χ1) is 54.2. The van der Waals surface area contributed by atoms with Gasteiger partial charge in [-0.2, -0.15) is 0 Å².